The molecule has 1 fully saturated rings. The van der Waals surface area contributed by atoms with Crippen LogP contribution in [0, 0.1) is 11.8 Å². The minimum absolute atomic E-state index is 0.00253. The molecule has 0 spiro atoms. The van der Waals surface area contributed by atoms with E-state index >= 15 is 0 Å². The van der Waals surface area contributed by atoms with Crippen molar-refractivity contribution >= 4 is 11.9 Å². The summed E-state index contributed by atoms with van der Waals surface area (Å²) >= 11 is 0. The molecule has 4 atom stereocenters. The summed E-state index contributed by atoms with van der Waals surface area (Å²) in [4.78, 5) is 50.7. The fourth-order valence-electron chi connectivity index (χ4n) is 5.18. The number of rotatable bonds is 10. The van der Waals surface area contributed by atoms with Gasteiger partial charge in [-0.1, -0.05) is 48.5 Å². The Labute approximate surface area is 238 Å². The molecule has 0 radical (unpaired) electrons. The summed E-state index contributed by atoms with van der Waals surface area (Å²) in [5.74, 6) is -0.887. The van der Waals surface area contributed by atoms with Gasteiger partial charge in [-0.2, -0.15) is 0 Å². The molecular weight excluding hydrogens is 528 g/mol. The summed E-state index contributed by atoms with van der Waals surface area (Å²) < 4.78 is 11.4. The van der Waals surface area contributed by atoms with E-state index in [9.17, 15) is 19.5 Å². The number of hydrogen-bond acceptors (Lipinski definition) is 7. The molecule has 218 valence electrons. The first-order valence-corrected chi connectivity index (χ1v) is 13.7. The number of benzene rings is 2. The van der Waals surface area contributed by atoms with Crippen LogP contribution in [0.3, 0.4) is 0 Å². The van der Waals surface area contributed by atoms with E-state index in [0.717, 1.165) is 25.0 Å². The van der Waals surface area contributed by atoms with Gasteiger partial charge in [0.05, 0.1) is 37.4 Å². The van der Waals surface area contributed by atoms with Crippen molar-refractivity contribution in [3.8, 4) is 11.5 Å². The maximum Gasteiger partial charge on any atom is 0.308 e. The summed E-state index contributed by atoms with van der Waals surface area (Å²) in [6.45, 7) is 2.37. The van der Waals surface area contributed by atoms with Gasteiger partial charge in [-0.25, -0.2) is 9.78 Å². The fraction of sp³-hybridized carbons (Fsp3) is 0.387. The molecule has 0 aliphatic carbocycles. The summed E-state index contributed by atoms with van der Waals surface area (Å²) in [5, 5.41) is 12.0. The lowest BCUT2D eigenvalue weighted by molar-refractivity contribution is -0.360. The standard InChI is InChI=1S/C31H36N2O8/c1-20-26(19-39-23-13-7-4-8-14-23)22(16-21-10-5-3-6-11-21)12-9-15-27(41-40-20)33-31(37)25-18-32-30(36)24(17-28(34)35)29(25)38-2/h3-8,10-11,13-14,18,20,22,26-27H,9,12,15-17,19H2,1-2H3,(H,32,36)(H,33,37)(H,34,35)/t20-,22?,26?,27-/m0/s1. The number of methoxy groups -OCH3 is 1. The second-order valence-corrected chi connectivity index (χ2v) is 10.1. The molecule has 1 aromatic heterocycles. The van der Waals surface area contributed by atoms with Gasteiger partial charge in [-0.3, -0.25) is 14.4 Å². The number of nitrogens with one attached hydrogen (secondary N) is 2. The molecule has 4 rings (SSSR count). The number of carbonyl (C=O) groups is 2. The monoisotopic (exact) mass is 564 g/mol. The van der Waals surface area contributed by atoms with Crippen LogP contribution >= 0.6 is 0 Å². The van der Waals surface area contributed by atoms with Gasteiger partial charge in [0.15, 0.2) is 6.23 Å². The minimum atomic E-state index is -1.22. The average molecular weight is 565 g/mol. The average Bonchev–Trinajstić information content (AvgIpc) is 3.03. The van der Waals surface area contributed by atoms with Crippen LogP contribution in [0.15, 0.2) is 71.7 Å². The number of ether oxygens (including phenoxy) is 2. The predicted molar refractivity (Wildman–Crippen MR) is 151 cm³/mol. The lowest BCUT2D eigenvalue weighted by atomic mass is 9.81. The van der Waals surface area contributed by atoms with Crippen molar-refractivity contribution in [1.82, 2.24) is 10.3 Å². The Morgan fingerprint density at radius 3 is 2.44 bits per heavy atom. The zero-order chi connectivity index (χ0) is 29.2. The summed E-state index contributed by atoms with van der Waals surface area (Å²) in [6.07, 6.45) is 2.39. The molecule has 2 aromatic carbocycles. The predicted octanol–water partition coefficient (Wildman–Crippen LogP) is 4.14. The number of amides is 1. The van der Waals surface area contributed by atoms with Crippen molar-refractivity contribution in [2.24, 2.45) is 11.8 Å². The molecule has 1 aliphatic heterocycles. The molecule has 1 saturated heterocycles. The van der Waals surface area contributed by atoms with Crippen LogP contribution in [0.5, 0.6) is 11.5 Å². The highest BCUT2D eigenvalue weighted by molar-refractivity contribution is 5.97. The zero-order valence-corrected chi connectivity index (χ0v) is 23.2. The van der Waals surface area contributed by atoms with E-state index in [-0.39, 0.29) is 34.8 Å². The Balaban J connectivity index is 1.50. The molecule has 3 N–H and O–H groups in total. The molecule has 1 aliphatic rings. The molecule has 41 heavy (non-hydrogen) atoms. The molecule has 2 unspecified atom stereocenters. The number of para-hydroxylation sites is 1. The topological polar surface area (TPSA) is 136 Å². The molecule has 10 heteroatoms. The van der Waals surface area contributed by atoms with Crippen LogP contribution in [0.25, 0.3) is 0 Å². The number of H-pyrrole nitrogens is 1. The van der Waals surface area contributed by atoms with E-state index in [1.807, 2.05) is 55.5 Å². The van der Waals surface area contributed by atoms with Crippen molar-refractivity contribution in [3.63, 3.8) is 0 Å². The quantitative estimate of drug-likeness (QED) is 0.313. The third kappa shape index (κ3) is 8.18. The molecule has 1 amide bonds. The van der Waals surface area contributed by atoms with Crippen molar-refractivity contribution in [1.29, 1.82) is 0 Å². The van der Waals surface area contributed by atoms with Gasteiger partial charge in [0.25, 0.3) is 11.5 Å². The second-order valence-electron chi connectivity index (χ2n) is 10.1. The van der Waals surface area contributed by atoms with E-state index in [0.29, 0.717) is 13.0 Å². The first-order valence-electron chi connectivity index (χ1n) is 13.7. The number of aromatic amines is 1. The molecular formula is C31H36N2O8. The number of carboxylic acids is 1. The number of hydrogen-bond donors (Lipinski definition) is 3. The highest BCUT2D eigenvalue weighted by atomic mass is 17.2. The van der Waals surface area contributed by atoms with Crippen molar-refractivity contribution < 1.29 is 33.9 Å². The Morgan fingerprint density at radius 2 is 1.76 bits per heavy atom. The molecule has 10 nitrogen and oxygen atoms in total. The van der Waals surface area contributed by atoms with Gasteiger partial charge in [-0.15, -0.1) is 0 Å². The third-order valence-electron chi connectivity index (χ3n) is 7.31. The molecule has 2 heterocycles. The molecule has 0 bridgehead atoms. The number of carbonyl (C=O) groups excluding carboxylic acids is 1. The lowest BCUT2D eigenvalue weighted by Gasteiger charge is -2.30. The normalized spacial score (nSPS) is 21.1. The highest BCUT2D eigenvalue weighted by Gasteiger charge is 2.32. The Kier molecular flexibility index (Phi) is 10.5. The fourth-order valence-corrected chi connectivity index (χ4v) is 5.18. The highest BCUT2D eigenvalue weighted by Crippen LogP contribution is 2.31. The molecule has 3 aromatic rings. The van der Waals surface area contributed by atoms with Gasteiger partial charge in [-0.05, 0) is 56.2 Å². The van der Waals surface area contributed by atoms with Crippen LogP contribution in [0.1, 0.15) is 47.7 Å². The van der Waals surface area contributed by atoms with Crippen LogP contribution < -0.4 is 20.3 Å². The first-order chi connectivity index (χ1) is 19.9. The maximum absolute atomic E-state index is 13.2. The second kappa shape index (κ2) is 14.5. The van der Waals surface area contributed by atoms with E-state index in [1.54, 1.807) is 0 Å². The van der Waals surface area contributed by atoms with Crippen molar-refractivity contribution in [2.75, 3.05) is 13.7 Å². The number of aliphatic carboxylic acids is 1. The Hall–Kier alpha value is -4.15. The first kappa shape index (κ1) is 29.8. The van der Waals surface area contributed by atoms with Gasteiger partial charge >= 0.3 is 5.97 Å². The minimum Gasteiger partial charge on any atom is -0.495 e. The lowest BCUT2D eigenvalue weighted by Crippen LogP contribution is -2.39. The SMILES string of the molecule is COc1c(C(=O)N[C@@H]2CCCC(Cc3ccccc3)C(COc3ccccc3)[C@H](C)OO2)c[nH]c(=O)c1CC(=O)O. The van der Waals surface area contributed by atoms with Crippen LogP contribution in [-0.2, 0) is 27.4 Å². The van der Waals surface area contributed by atoms with Gasteiger partial charge in [0.2, 0.25) is 0 Å². The van der Waals surface area contributed by atoms with Crippen LogP contribution in [0.4, 0.5) is 0 Å². The van der Waals surface area contributed by atoms with Crippen LogP contribution in [0.2, 0.25) is 0 Å². The van der Waals surface area contributed by atoms with Crippen molar-refractivity contribution in [3.05, 3.63) is 93.9 Å². The van der Waals surface area contributed by atoms with Gasteiger partial charge < -0.3 is 24.9 Å². The Morgan fingerprint density at radius 1 is 1.05 bits per heavy atom. The van der Waals surface area contributed by atoms with Crippen molar-refractivity contribution in [2.45, 2.75) is 51.4 Å². The zero-order valence-electron chi connectivity index (χ0n) is 23.2. The van der Waals surface area contributed by atoms with Gasteiger partial charge in [0, 0.05) is 12.1 Å². The Bertz CT molecular complexity index is 1350. The largest absolute Gasteiger partial charge is 0.495 e. The van der Waals surface area contributed by atoms with E-state index in [2.05, 4.69) is 22.4 Å². The number of carboxylic acid groups (broad SMARTS) is 1. The smallest absolute Gasteiger partial charge is 0.308 e. The van der Waals surface area contributed by atoms with Crippen LogP contribution in [-0.4, -0.2) is 48.0 Å². The van der Waals surface area contributed by atoms with Gasteiger partial charge in [0.1, 0.15) is 11.5 Å². The molecule has 0 saturated carbocycles. The third-order valence-corrected chi connectivity index (χ3v) is 7.31. The number of aromatic nitrogens is 1. The number of pyridine rings is 1. The summed E-state index contributed by atoms with van der Waals surface area (Å²) in [5.41, 5.74) is 0.445. The van der Waals surface area contributed by atoms with E-state index in [1.165, 1.54) is 18.9 Å². The maximum atomic E-state index is 13.2. The van der Waals surface area contributed by atoms with E-state index in [4.69, 9.17) is 19.2 Å². The summed E-state index contributed by atoms with van der Waals surface area (Å²) in [7, 11) is 1.28. The summed E-state index contributed by atoms with van der Waals surface area (Å²) in [6, 6.07) is 19.9. The van der Waals surface area contributed by atoms with E-state index < -0.39 is 30.1 Å².